The SMILES string of the molecule is Cc1cc(C)nc(Sc2ncc(Br)cc2N)n1. The highest BCUT2D eigenvalue weighted by atomic mass is 79.9. The fourth-order valence-electron chi connectivity index (χ4n) is 1.35. The number of nitrogens with two attached hydrogens (primary N) is 1. The number of pyridine rings is 1. The molecule has 0 saturated carbocycles. The number of aromatic nitrogens is 3. The van der Waals surface area contributed by atoms with Crippen LogP contribution >= 0.6 is 27.7 Å². The number of rotatable bonds is 2. The Morgan fingerprint density at radius 1 is 1.18 bits per heavy atom. The minimum absolute atomic E-state index is 0.618. The molecule has 0 unspecified atom stereocenters. The van der Waals surface area contributed by atoms with Gasteiger partial charge in [-0.25, -0.2) is 15.0 Å². The summed E-state index contributed by atoms with van der Waals surface area (Å²) in [5, 5.41) is 1.39. The molecule has 0 fully saturated rings. The molecule has 2 rings (SSSR count). The summed E-state index contributed by atoms with van der Waals surface area (Å²) in [5.41, 5.74) is 8.38. The van der Waals surface area contributed by atoms with E-state index in [1.54, 1.807) is 6.20 Å². The average molecular weight is 311 g/mol. The normalized spacial score (nSPS) is 10.5. The molecule has 0 aromatic carbocycles. The van der Waals surface area contributed by atoms with E-state index in [1.807, 2.05) is 26.0 Å². The van der Waals surface area contributed by atoms with E-state index >= 15 is 0 Å². The molecule has 2 aromatic heterocycles. The average Bonchev–Trinajstić information content (AvgIpc) is 2.21. The van der Waals surface area contributed by atoms with Gasteiger partial charge in [0.1, 0.15) is 5.03 Å². The topological polar surface area (TPSA) is 64.7 Å². The minimum Gasteiger partial charge on any atom is -0.396 e. The molecule has 0 aliphatic carbocycles. The van der Waals surface area contributed by atoms with Gasteiger partial charge >= 0.3 is 0 Å². The first-order valence-corrected chi connectivity index (χ1v) is 6.57. The number of nitrogen functional groups attached to an aromatic ring is 1. The zero-order valence-corrected chi connectivity index (χ0v) is 11.8. The predicted molar refractivity (Wildman–Crippen MR) is 72.0 cm³/mol. The Morgan fingerprint density at radius 2 is 1.82 bits per heavy atom. The maximum absolute atomic E-state index is 5.88. The smallest absolute Gasteiger partial charge is 0.194 e. The van der Waals surface area contributed by atoms with Crippen LogP contribution in [0.3, 0.4) is 0 Å². The van der Waals surface area contributed by atoms with Gasteiger partial charge in [0.15, 0.2) is 5.16 Å². The number of aryl methyl sites for hydroxylation is 2. The van der Waals surface area contributed by atoms with Crippen LogP contribution in [0.5, 0.6) is 0 Å². The molecule has 2 heterocycles. The third-order valence-corrected chi connectivity index (χ3v) is 3.33. The number of hydrogen-bond acceptors (Lipinski definition) is 5. The van der Waals surface area contributed by atoms with Crippen LogP contribution in [0.25, 0.3) is 0 Å². The molecule has 0 saturated heterocycles. The van der Waals surface area contributed by atoms with Gasteiger partial charge in [-0.15, -0.1) is 0 Å². The Hall–Kier alpha value is -1.14. The lowest BCUT2D eigenvalue weighted by atomic mass is 10.4. The van der Waals surface area contributed by atoms with Gasteiger partial charge in [-0.1, -0.05) is 0 Å². The lowest BCUT2D eigenvalue weighted by Crippen LogP contribution is -1.96. The Bertz CT molecular complexity index is 539. The van der Waals surface area contributed by atoms with Gasteiger partial charge in [-0.3, -0.25) is 0 Å². The van der Waals surface area contributed by atoms with Crippen LogP contribution in [0.4, 0.5) is 5.69 Å². The summed E-state index contributed by atoms with van der Waals surface area (Å²) < 4.78 is 0.862. The summed E-state index contributed by atoms with van der Waals surface area (Å²) in [6, 6.07) is 3.75. The Labute approximate surface area is 112 Å². The van der Waals surface area contributed by atoms with Crippen molar-refractivity contribution >= 4 is 33.4 Å². The van der Waals surface area contributed by atoms with E-state index in [0.29, 0.717) is 10.8 Å². The highest BCUT2D eigenvalue weighted by Crippen LogP contribution is 2.29. The molecule has 17 heavy (non-hydrogen) atoms. The summed E-state index contributed by atoms with van der Waals surface area (Å²) in [4.78, 5) is 12.9. The second-order valence-corrected chi connectivity index (χ2v) is 5.45. The van der Waals surface area contributed by atoms with Crippen LogP contribution in [0, 0.1) is 13.8 Å². The first-order chi connectivity index (χ1) is 8.04. The van der Waals surface area contributed by atoms with E-state index in [0.717, 1.165) is 20.9 Å². The number of halogens is 1. The molecule has 2 aromatic rings. The van der Waals surface area contributed by atoms with Gasteiger partial charge in [-0.2, -0.15) is 0 Å². The Morgan fingerprint density at radius 3 is 2.41 bits per heavy atom. The lowest BCUT2D eigenvalue weighted by molar-refractivity contribution is 0.899. The minimum atomic E-state index is 0.618. The summed E-state index contributed by atoms with van der Waals surface area (Å²) in [6.07, 6.45) is 1.71. The summed E-state index contributed by atoms with van der Waals surface area (Å²) >= 11 is 4.69. The number of hydrogen-bond donors (Lipinski definition) is 1. The zero-order valence-electron chi connectivity index (χ0n) is 9.44. The molecule has 0 atom stereocenters. The van der Waals surface area contributed by atoms with Crippen molar-refractivity contribution in [1.29, 1.82) is 0 Å². The molecule has 0 spiro atoms. The van der Waals surface area contributed by atoms with Crippen molar-refractivity contribution in [1.82, 2.24) is 15.0 Å². The summed E-state index contributed by atoms with van der Waals surface area (Å²) in [6.45, 7) is 3.88. The van der Waals surface area contributed by atoms with Crippen LogP contribution in [0.1, 0.15) is 11.4 Å². The van der Waals surface area contributed by atoms with Gasteiger partial charge in [-0.05, 0) is 53.7 Å². The van der Waals surface area contributed by atoms with Crippen molar-refractivity contribution < 1.29 is 0 Å². The van der Waals surface area contributed by atoms with Crippen LogP contribution in [0.2, 0.25) is 0 Å². The number of nitrogens with zero attached hydrogens (tertiary/aromatic N) is 3. The highest BCUT2D eigenvalue weighted by Gasteiger charge is 2.07. The van der Waals surface area contributed by atoms with Crippen LogP contribution < -0.4 is 5.73 Å². The van der Waals surface area contributed by atoms with Gasteiger partial charge < -0.3 is 5.73 Å². The molecule has 88 valence electrons. The summed E-state index contributed by atoms with van der Waals surface area (Å²) in [5.74, 6) is 0. The molecule has 0 amide bonds. The van der Waals surface area contributed by atoms with E-state index in [2.05, 4.69) is 30.9 Å². The molecule has 6 heteroatoms. The standard InChI is InChI=1S/C11H11BrN4S/c1-6-3-7(2)16-11(15-6)17-10-9(13)4-8(12)5-14-10/h3-5H,13H2,1-2H3. The zero-order chi connectivity index (χ0) is 12.4. The van der Waals surface area contributed by atoms with Gasteiger partial charge in [0, 0.05) is 22.1 Å². The van der Waals surface area contributed by atoms with Gasteiger partial charge in [0.05, 0.1) is 5.69 Å². The predicted octanol–water partition coefficient (Wildman–Crippen LogP) is 2.98. The molecule has 0 radical (unpaired) electrons. The van der Waals surface area contributed by atoms with E-state index in [-0.39, 0.29) is 0 Å². The molecule has 0 bridgehead atoms. The van der Waals surface area contributed by atoms with Crippen molar-refractivity contribution in [2.24, 2.45) is 0 Å². The van der Waals surface area contributed by atoms with Crippen LogP contribution in [0.15, 0.2) is 33.0 Å². The fraction of sp³-hybridized carbons (Fsp3) is 0.182. The monoisotopic (exact) mass is 310 g/mol. The van der Waals surface area contributed by atoms with Crippen molar-refractivity contribution in [2.75, 3.05) is 5.73 Å². The Balaban J connectivity index is 2.31. The molecule has 0 aliphatic heterocycles. The van der Waals surface area contributed by atoms with Gasteiger partial charge in [0.25, 0.3) is 0 Å². The van der Waals surface area contributed by atoms with Crippen molar-refractivity contribution in [3.63, 3.8) is 0 Å². The van der Waals surface area contributed by atoms with E-state index in [1.165, 1.54) is 11.8 Å². The Kier molecular flexibility index (Phi) is 3.63. The second kappa shape index (κ2) is 5.01. The van der Waals surface area contributed by atoms with Crippen LogP contribution in [-0.2, 0) is 0 Å². The maximum Gasteiger partial charge on any atom is 0.194 e. The third kappa shape index (κ3) is 3.17. The van der Waals surface area contributed by atoms with Crippen molar-refractivity contribution in [2.45, 2.75) is 24.0 Å². The maximum atomic E-state index is 5.88. The third-order valence-electron chi connectivity index (χ3n) is 2.00. The first-order valence-electron chi connectivity index (χ1n) is 4.96. The number of anilines is 1. The molecular weight excluding hydrogens is 300 g/mol. The lowest BCUT2D eigenvalue weighted by Gasteiger charge is -2.05. The van der Waals surface area contributed by atoms with Crippen molar-refractivity contribution in [3.05, 3.63) is 34.2 Å². The van der Waals surface area contributed by atoms with E-state index in [9.17, 15) is 0 Å². The van der Waals surface area contributed by atoms with Crippen molar-refractivity contribution in [3.8, 4) is 0 Å². The molecular formula is C11H11BrN4S. The summed E-state index contributed by atoms with van der Waals surface area (Å²) in [7, 11) is 0. The first kappa shape index (κ1) is 12.3. The van der Waals surface area contributed by atoms with E-state index < -0.39 is 0 Å². The van der Waals surface area contributed by atoms with Gasteiger partial charge in [0.2, 0.25) is 0 Å². The quantitative estimate of drug-likeness (QED) is 0.864. The molecule has 4 nitrogen and oxygen atoms in total. The molecule has 0 aliphatic rings. The second-order valence-electron chi connectivity index (χ2n) is 3.58. The fourth-order valence-corrected chi connectivity index (χ4v) is 2.54. The highest BCUT2D eigenvalue weighted by molar-refractivity contribution is 9.10. The van der Waals surface area contributed by atoms with Crippen LogP contribution in [-0.4, -0.2) is 15.0 Å². The molecule has 2 N–H and O–H groups in total. The van der Waals surface area contributed by atoms with E-state index in [4.69, 9.17) is 5.73 Å². The largest absolute Gasteiger partial charge is 0.396 e.